The van der Waals surface area contributed by atoms with Gasteiger partial charge in [-0.15, -0.1) is 0 Å². The van der Waals surface area contributed by atoms with Gasteiger partial charge in [-0.1, -0.05) is 84.9 Å². The van der Waals surface area contributed by atoms with Crippen molar-refractivity contribution in [3.63, 3.8) is 0 Å². The molecule has 6 aromatic rings. The van der Waals surface area contributed by atoms with E-state index in [0.29, 0.717) is 23.3 Å². The Balaban J connectivity index is 1.69. The molecule has 0 amide bonds. The molecule has 0 aliphatic heterocycles. The Kier molecular flexibility index (Phi) is 4.41. The van der Waals surface area contributed by atoms with E-state index in [1.54, 1.807) is 0 Å². The summed E-state index contributed by atoms with van der Waals surface area (Å²) in [6.07, 6.45) is 0. The number of nitrogens with zero attached hydrogens (tertiary/aromatic N) is 5. The van der Waals surface area contributed by atoms with Gasteiger partial charge in [-0.3, -0.25) is 4.57 Å². The number of benzene rings is 4. The van der Waals surface area contributed by atoms with Gasteiger partial charge in [0.25, 0.3) is 0 Å². The molecule has 0 aliphatic carbocycles. The molecule has 0 atom stereocenters. The number of para-hydroxylation sites is 1. The average molecular weight is 423 g/mol. The molecule has 0 aliphatic rings. The Labute approximate surface area is 190 Å². The van der Waals surface area contributed by atoms with E-state index in [4.69, 9.17) is 21.5 Å². The third-order valence-electron chi connectivity index (χ3n) is 5.67. The molecule has 4 aromatic carbocycles. The van der Waals surface area contributed by atoms with Crippen molar-refractivity contribution >= 4 is 27.5 Å². The maximum Gasteiger partial charge on any atom is 0.238 e. The zero-order chi connectivity index (χ0) is 22.2. The summed E-state index contributed by atoms with van der Waals surface area (Å²) in [6, 6.07) is 33.8. The lowest BCUT2D eigenvalue weighted by Gasteiger charge is -2.10. The first-order valence-corrected chi connectivity index (χ1v) is 10.6. The minimum absolute atomic E-state index is 0.546. The van der Waals surface area contributed by atoms with Crippen molar-refractivity contribution in [2.45, 2.75) is 0 Å². The predicted octanol–water partition coefficient (Wildman–Crippen LogP) is 6.85. The fourth-order valence-corrected chi connectivity index (χ4v) is 4.14. The van der Waals surface area contributed by atoms with Gasteiger partial charge in [0.2, 0.25) is 5.95 Å². The van der Waals surface area contributed by atoms with Crippen molar-refractivity contribution in [1.29, 1.82) is 0 Å². The predicted molar refractivity (Wildman–Crippen MR) is 131 cm³/mol. The molecular formula is C28H17N5. The maximum atomic E-state index is 7.43. The van der Waals surface area contributed by atoms with Crippen LogP contribution in [0.15, 0.2) is 103 Å². The minimum atomic E-state index is 0.546. The van der Waals surface area contributed by atoms with Crippen molar-refractivity contribution in [3.05, 3.63) is 115 Å². The van der Waals surface area contributed by atoms with E-state index in [-0.39, 0.29) is 0 Å². The van der Waals surface area contributed by atoms with Crippen LogP contribution in [0.25, 0.3) is 55.4 Å². The summed E-state index contributed by atoms with van der Waals surface area (Å²) in [6.45, 7) is 7.43. The molecule has 0 N–H and O–H groups in total. The summed E-state index contributed by atoms with van der Waals surface area (Å²) in [5.74, 6) is 1.77. The Morgan fingerprint density at radius 2 is 1.15 bits per heavy atom. The number of hydrogen-bond acceptors (Lipinski definition) is 3. The lowest BCUT2D eigenvalue weighted by molar-refractivity contribution is 0.953. The van der Waals surface area contributed by atoms with Crippen LogP contribution in [0.4, 0.5) is 5.69 Å². The highest BCUT2D eigenvalue weighted by atomic mass is 15.2. The Morgan fingerprint density at radius 3 is 1.79 bits per heavy atom. The standard InChI is InChI=1S/C28H17N5/c1-29-21-16-17-25-23(18-21)22-14-8-9-15-24(22)33(25)28-31-26(19-10-4-2-5-11-19)30-27(32-28)20-12-6-3-7-13-20/h2-18H. The molecule has 0 spiro atoms. The van der Waals surface area contributed by atoms with Crippen LogP contribution in [0.5, 0.6) is 0 Å². The third kappa shape index (κ3) is 3.22. The van der Waals surface area contributed by atoms with E-state index in [1.807, 2.05) is 91.0 Å². The molecule has 154 valence electrons. The van der Waals surface area contributed by atoms with E-state index >= 15 is 0 Å². The van der Waals surface area contributed by atoms with E-state index in [9.17, 15) is 0 Å². The number of hydrogen-bond donors (Lipinski definition) is 0. The highest BCUT2D eigenvalue weighted by Crippen LogP contribution is 2.34. The summed E-state index contributed by atoms with van der Waals surface area (Å²) in [7, 11) is 0. The fraction of sp³-hybridized carbons (Fsp3) is 0. The zero-order valence-corrected chi connectivity index (χ0v) is 17.6. The minimum Gasteiger partial charge on any atom is -0.278 e. The Bertz CT molecular complexity index is 1600. The van der Waals surface area contributed by atoms with E-state index in [1.165, 1.54) is 0 Å². The second-order valence-corrected chi connectivity index (χ2v) is 7.68. The first-order chi connectivity index (χ1) is 16.3. The van der Waals surface area contributed by atoms with Crippen molar-refractivity contribution in [2.75, 3.05) is 0 Å². The van der Waals surface area contributed by atoms with E-state index < -0.39 is 0 Å². The van der Waals surface area contributed by atoms with Gasteiger partial charge in [0.1, 0.15) is 0 Å². The summed E-state index contributed by atoms with van der Waals surface area (Å²) in [5.41, 5.74) is 4.39. The van der Waals surface area contributed by atoms with Gasteiger partial charge in [0.05, 0.1) is 17.6 Å². The topological polar surface area (TPSA) is 48.0 Å². The lowest BCUT2D eigenvalue weighted by atomic mass is 10.1. The van der Waals surface area contributed by atoms with Crippen LogP contribution in [0, 0.1) is 6.57 Å². The first kappa shape index (κ1) is 18.9. The van der Waals surface area contributed by atoms with Crippen LogP contribution in [0.2, 0.25) is 0 Å². The Morgan fingerprint density at radius 1 is 0.576 bits per heavy atom. The molecule has 0 unspecified atom stereocenters. The van der Waals surface area contributed by atoms with Crippen molar-refractivity contribution in [1.82, 2.24) is 19.5 Å². The van der Waals surface area contributed by atoms with Gasteiger partial charge in [-0.05, 0) is 23.6 Å². The van der Waals surface area contributed by atoms with Crippen LogP contribution in [0.3, 0.4) is 0 Å². The highest BCUT2D eigenvalue weighted by Gasteiger charge is 2.17. The molecule has 33 heavy (non-hydrogen) atoms. The monoisotopic (exact) mass is 423 g/mol. The van der Waals surface area contributed by atoms with Crippen molar-refractivity contribution < 1.29 is 0 Å². The fourth-order valence-electron chi connectivity index (χ4n) is 4.14. The van der Waals surface area contributed by atoms with E-state index in [2.05, 4.69) is 21.5 Å². The molecular weight excluding hydrogens is 406 g/mol. The van der Waals surface area contributed by atoms with Gasteiger partial charge in [-0.25, -0.2) is 9.83 Å². The van der Waals surface area contributed by atoms with Crippen LogP contribution < -0.4 is 0 Å². The molecule has 5 nitrogen and oxygen atoms in total. The second-order valence-electron chi connectivity index (χ2n) is 7.68. The van der Waals surface area contributed by atoms with Crippen LogP contribution >= 0.6 is 0 Å². The normalized spacial score (nSPS) is 11.0. The van der Waals surface area contributed by atoms with Gasteiger partial charge >= 0.3 is 0 Å². The summed E-state index contributed by atoms with van der Waals surface area (Å²) in [4.78, 5) is 18.2. The zero-order valence-electron chi connectivity index (χ0n) is 17.6. The molecule has 0 bridgehead atoms. The van der Waals surface area contributed by atoms with Crippen molar-refractivity contribution in [2.24, 2.45) is 0 Å². The van der Waals surface area contributed by atoms with Crippen LogP contribution in [-0.2, 0) is 0 Å². The highest BCUT2D eigenvalue weighted by molar-refractivity contribution is 6.10. The van der Waals surface area contributed by atoms with Crippen LogP contribution in [-0.4, -0.2) is 19.5 Å². The van der Waals surface area contributed by atoms with Crippen molar-refractivity contribution in [3.8, 4) is 28.7 Å². The molecule has 0 fully saturated rings. The van der Waals surface area contributed by atoms with Gasteiger partial charge < -0.3 is 0 Å². The van der Waals surface area contributed by atoms with Gasteiger partial charge in [0.15, 0.2) is 17.3 Å². The molecule has 2 heterocycles. The molecule has 5 heteroatoms. The molecule has 0 radical (unpaired) electrons. The molecule has 2 aromatic heterocycles. The quantitative estimate of drug-likeness (QED) is 0.292. The maximum absolute atomic E-state index is 7.43. The summed E-state index contributed by atoms with van der Waals surface area (Å²) in [5, 5.41) is 2.06. The smallest absolute Gasteiger partial charge is 0.238 e. The Hall–Kier alpha value is -4.82. The first-order valence-electron chi connectivity index (χ1n) is 10.6. The van der Waals surface area contributed by atoms with Gasteiger partial charge in [-0.2, -0.15) is 9.97 Å². The summed E-state index contributed by atoms with van der Waals surface area (Å²) < 4.78 is 2.05. The van der Waals surface area contributed by atoms with E-state index in [0.717, 1.165) is 32.9 Å². The SMILES string of the molecule is [C-]#[N+]c1ccc2c(c1)c1ccccc1n2-c1nc(-c2ccccc2)nc(-c2ccccc2)n1. The molecule has 0 saturated carbocycles. The average Bonchev–Trinajstić information content (AvgIpc) is 3.23. The lowest BCUT2D eigenvalue weighted by Crippen LogP contribution is -2.06. The molecule has 0 saturated heterocycles. The second kappa shape index (κ2) is 7.70. The number of fused-ring (bicyclic) bond motifs is 3. The van der Waals surface area contributed by atoms with Crippen LogP contribution in [0.1, 0.15) is 0 Å². The number of aromatic nitrogens is 4. The third-order valence-corrected chi connectivity index (χ3v) is 5.67. The number of rotatable bonds is 3. The van der Waals surface area contributed by atoms with Gasteiger partial charge in [0, 0.05) is 16.5 Å². The summed E-state index contributed by atoms with van der Waals surface area (Å²) >= 11 is 0. The largest absolute Gasteiger partial charge is 0.278 e. The molecule has 6 rings (SSSR count).